The van der Waals surface area contributed by atoms with E-state index in [-0.39, 0.29) is 37.1 Å². The highest BCUT2D eigenvalue weighted by molar-refractivity contribution is 9.10. The van der Waals surface area contributed by atoms with Crippen LogP contribution in [0.3, 0.4) is 0 Å². The molecule has 4 rings (SSSR count). The smallest absolute Gasteiger partial charge is 0.307 e. The summed E-state index contributed by atoms with van der Waals surface area (Å²) in [5, 5.41) is 19.1. The van der Waals surface area contributed by atoms with Gasteiger partial charge in [-0.05, 0) is 58.4 Å². The van der Waals surface area contributed by atoms with Crippen molar-refractivity contribution in [3.05, 3.63) is 92.4 Å². The van der Waals surface area contributed by atoms with Crippen molar-refractivity contribution in [1.29, 1.82) is 0 Å². The fraction of sp³-hybridized carbons (Fsp3) is 0.192. The minimum atomic E-state index is -0.487. The van der Waals surface area contributed by atoms with E-state index in [0.717, 1.165) is 10.6 Å². The first-order valence-corrected chi connectivity index (χ1v) is 12.3. The molecule has 12 heteroatoms. The lowest BCUT2D eigenvalue weighted by molar-refractivity contribution is -0.384. The fourth-order valence-electron chi connectivity index (χ4n) is 3.73. The first-order valence-electron chi connectivity index (χ1n) is 11.5. The minimum Gasteiger partial charge on any atom is -0.464 e. The third kappa shape index (κ3) is 6.09. The average Bonchev–Trinajstić information content (AvgIpc) is 3.16. The molecule has 38 heavy (non-hydrogen) atoms. The summed E-state index contributed by atoms with van der Waals surface area (Å²) in [6, 6.07) is 18.0. The van der Waals surface area contributed by atoms with Gasteiger partial charge in [0.05, 0.1) is 39.2 Å². The Hall–Kier alpha value is -4.45. The summed E-state index contributed by atoms with van der Waals surface area (Å²) < 4.78 is 5.69. The third-order valence-electron chi connectivity index (χ3n) is 5.81. The second kappa shape index (κ2) is 11.7. The summed E-state index contributed by atoms with van der Waals surface area (Å²) >= 11 is 3.26. The number of hydrogen-bond acceptors (Lipinski definition) is 9. The lowest BCUT2D eigenvalue weighted by Gasteiger charge is -2.19. The number of imide groups is 1. The molecule has 0 spiro atoms. The highest BCUT2D eigenvalue weighted by atomic mass is 79.9. The number of amides is 2. The van der Waals surface area contributed by atoms with Crippen LogP contribution in [0.5, 0.6) is 0 Å². The first-order chi connectivity index (χ1) is 18.2. The molecule has 194 valence electrons. The van der Waals surface area contributed by atoms with Gasteiger partial charge < -0.3 is 9.64 Å². The average molecular weight is 580 g/mol. The number of benzene rings is 3. The van der Waals surface area contributed by atoms with Gasteiger partial charge >= 0.3 is 5.97 Å². The summed E-state index contributed by atoms with van der Waals surface area (Å²) in [6.45, 7) is 0.321. The normalized spacial score (nSPS) is 12.6. The molecular weight excluding hydrogens is 558 g/mol. The Morgan fingerprint density at radius 3 is 2.29 bits per heavy atom. The van der Waals surface area contributed by atoms with Crippen molar-refractivity contribution in [2.24, 2.45) is 10.2 Å². The number of rotatable bonds is 10. The van der Waals surface area contributed by atoms with Crippen LogP contribution in [0.1, 0.15) is 27.1 Å². The summed E-state index contributed by atoms with van der Waals surface area (Å²) in [6.07, 6.45) is 0.119. The first kappa shape index (κ1) is 26.6. The van der Waals surface area contributed by atoms with Gasteiger partial charge in [0.2, 0.25) is 0 Å². The molecule has 11 nitrogen and oxygen atoms in total. The Kier molecular flexibility index (Phi) is 8.22. The van der Waals surface area contributed by atoms with E-state index in [2.05, 4.69) is 26.2 Å². The second-order valence-corrected chi connectivity index (χ2v) is 9.16. The van der Waals surface area contributed by atoms with Crippen LogP contribution in [-0.2, 0) is 9.53 Å². The molecule has 0 aliphatic carbocycles. The molecule has 0 aromatic heterocycles. The number of halogens is 1. The highest BCUT2D eigenvalue weighted by Gasteiger charge is 2.34. The summed E-state index contributed by atoms with van der Waals surface area (Å²) in [5.41, 5.74) is 2.56. The van der Waals surface area contributed by atoms with Crippen molar-refractivity contribution >= 4 is 56.5 Å². The zero-order chi connectivity index (χ0) is 27.2. The van der Waals surface area contributed by atoms with Crippen molar-refractivity contribution in [3.63, 3.8) is 0 Å². The number of azo groups is 1. The molecule has 3 aromatic carbocycles. The standard InChI is InChI=1S/C26H22BrN5O6/c1-30(13-12-24(33)38-15-14-31-25(34)20-4-2-3-5-21(20)26(31)35)18-8-6-17(7-9-18)28-29-23-11-10-19(32(36)37)16-22(23)27/h2-11,16H,12-15H2,1H3. The Balaban J connectivity index is 1.22. The van der Waals surface area contributed by atoms with Gasteiger partial charge in [0, 0.05) is 31.4 Å². The number of esters is 1. The monoisotopic (exact) mass is 579 g/mol. The predicted octanol–water partition coefficient (Wildman–Crippen LogP) is 5.44. The van der Waals surface area contributed by atoms with Crippen LogP contribution < -0.4 is 4.90 Å². The van der Waals surface area contributed by atoms with Crippen molar-refractivity contribution in [3.8, 4) is 0 Å². The number of hydrogen-bond donors (Lipinski definition) is 0. The number of carbonyl (C=O) groups excluding carboxylic acids is 3. The van der Waals surface area contributed by atoms with Gasteiger partial charge in [-0.2, -0.15) is 5.11 Å². The van der Waals surface area contributed by atoms with Crippen LogP contribution in [0.4, 0.5) is 22.7 Å². The van der Waals surface area contributed by atoms with Crippen molar-refractivity contribution in [1.82, 2.24) is 4.90 Å². The topological polar surface area (TPSA) is 135 Å². The fourth-order valence-corrected chi connectivity index (χ4v) is 4.18. The molecule has 0 radical (unpaired) electrons. The third-order valence-corrected chi connectivity index (χ3v) is 6.45. The molecule has 2 amide bonds. The maximum atomic E-state index is 12.4. The van der Waals surface area contributed by atoms with Crippen LogP contribution in [-0.4, -0.2) is 54.4 Å². The SMILES string of the molecule is CN(CCC(=O)OCCN1C(=O)c2ccccc2C1=O)c1ccc(N=Nc2ccc([N+](=O)[O-])cc2Br)cc1. The van der Waals surface area contributed by atoms with Crippen molar-refractivity contribution in [2.75, 3.05) is 31.6 Å². The summed E-state index contributed by atoms with van der Waals surface area (Å²) in [7, 11) is 1.83. The number of nitro groups is 1. The van der Waals surface area contributed by atoms with Gasteiger partial charge in [0.15, 0.2) is 0 Å². The van der Waals surface area contributed by atoms with E-state index in [1.807, 2.05) is 24.1 Å². The highest BCUT2D eigenvalue weighted by Crippen LogP contribution is 2.31. The lowest BCUT2D eigenvalue weighted by Crippen LogP contribution is -2.33. The largest absolute Gasteiger partial charge is 0.464 e. The van der Waals surface area contributed by atoms with Gasteiger partial charge in [0.25, 0.3) is 17.5 Å². The Labute approximate surface area is 226 Å². The number of fused-ring (bicyclic) bond motifs is 1. The maximum absolute atomic E-state index is 12.4. The zero-order valence-corrected chi connectivity index (χ0v) is 21.8. The molecule has 1 aliphatic heterocycles. The Morgan fingerprint density at radius 2 is 1.68 bits per heavy atom. The quantitative estimate of drug-likeness (QED) is 0.103. The maximum Gasteiger partial charge on any atom is 0.307 e. The van der Waals surface area contributed by atoms with Gasteiger partial charge in [-0.3, -0.25) is 29.4 Å². The van der Waals surface area contributed by atoms with Gasteiger partial charge in [-0.15, -0.1) is 5.11 Å². The number of non-ortho nitro benzene ring substituents is 1. The molecule has 0 unspecified atom stereocenters. The number of carbonyl (C=O) groups is 3. The van der Waals surface area contributed by atoms with Crippen molar-refractivity contribution < 1.29 is 24.0 Å². The zero-order valence-electron chi connectivity index (χ0n) is 20.2. The Bertz CT molecular complexity index is 1390. The van der Waals surface area contributed by atoms with E-state index in [0.29, 0.717) is 33.5 Å². The summed E-state index contributed by atoms with van der Waals surface area (Å²) in [4.78, 5) is 50.2. The van der Waals surface area contributed by atoms with E-state index in [4.69, 9.17) is 4.74 Å². The van der Waals surface area contributed by atoms with E-state index in [1.54, 1.807) is 36.4 Å². The molecule has 0 atom stereocenters. The number of nitro benzene ring substituents is 1. The summed E-state index contributed by atoms with van der Waals surface area (Å²) in [5.74, 6) is -1.21. The van der Waals surface area contributed by atoms with E-state index in [9.17, 15) is 24.5 Å². The molecule has 0 bridgehead atoms. The van der Waals surface area contributed by atoms with Gasteiger partial charge in [0.1, 0.15) is 12.3 Å². The van der Waals surface area contributed by atoms with Crippen LogP contribution in [0, 0.1) is 10.1 Å². The van der Waals surface area contributed by atoms with E-state index < -0.39 is 10.9 Å². The molecule has 0 N–H and O–H groups in total. The second-order valence-electron chi connectivity index (χ2n) is 8.31. The molecule has 1 heterocycles. The number of anilines is 1. The molecule has 0 saturated heterocycles. The number of ether oxygens (including phenoxy) is 1. The van der Waals surface area contributed by atoms with Gasteiger partial charge in [-0.1, -0.05) is 12.1 Å². The van der Waals surface area contributed by atoms with E-state index in [1.165, 1.54) is 18.2 Å². The van der Waals surface area contributed by atoms with Crippen LogP contribution in [0.15, 0.2) is 81.4 Å². The molecule has 1 aliphatic rings. The predicted molar refractivity (Wildman–Crippen MR) is 142 cm³/mol. The molecule has 3 aromatic rings. The van der Waals surface area contributed by atoms with Crippen LogP contribution in [0.2, 0.25) is 0 Å². The lowest BCUT2D eigenvalue weighted by atomic mass is 10.1. The van der Waals surface area contributed by atoms with Crippen molar-refractivity contribution in [2.45, 2.75) is 6.42 Å². The number of nitrogens with zero attached hydrogens (tertiary/aromatic N) is 5. The molecule has 0 saturated carbocycles. The van der Waals surface area contributed by atoms with Gasteiger partial charge in [-0.25, -0.2) is 0 Å². The Morgan fingerprint density at radius 1 is 1.03 bits per heavy atom. The van der Waals surface area contributed by atoms with Crippen LogP contribution >= 0.6 is 15.9 Å². The minimum absolute atomic E-state index is 0.000384. The molecule has 0 fully saturated rings. The molecular formula is C26H22BrN5O6. The van der Waals surface area contributed by atoms with E-state index >= 15 is 0 Å². The van der Waals surface area contributed by atoms with Crippen LogP contribution in [0.25, 0.3) is 0 Å².